The summed E-state index contributed by atoms with van der Waals surface area (Å²) in [4.78, 5) is 0. The SMILES string of the molecule is C[C@@H]([C@@H](O[Si](C)(C)C(C)(C)C)c1ccc(Br)cc1F)S(N)(=O)=O. The van der Waals surface area contributed by atoms with Gasteiger partial charge < -0.3 is 4.43 Å². The number of rotatable bonds is 5. The maximum atomic E-state index is 14.4. The summed E-state index contributed by atoms with van der Waals surface area (Å²) in [5.41, 5.74) is 0.208. The lowest BCUT2D eigenvalue weighted by atomic mass is 10.1. The average molecular weight is 426 g/mol. The van der Waals surface area contributed by atoms with E-state index in [-0.39, 0.29) is 10.6 Å². The van der Waals surface area contributed by atoms with Crippen LogP contribution in [0.4, 0.5) is 4.39 Å². The van der Waals surface area contributed by atoms with Crippen LogP contribution in [0.2, 0.25) is 18.1 Å². The van der Waals surface area contributed by atoms with Crippen molar-refractivity contribution in [1.29, 1.82) is 0 Å². The van der Waals surface area contributed by atoms with E-state index in [4.69, 9.17) is 9.56 Å². The zero-order valence-corrected chi connectivity index (χ0v) is 17.8. The Hall–Kier alpha value is -0.283. The van der Waals surface area contributed by atoms with E-state index in [1.54, 1.807) is 12.1 Å². The maximum absolute atomic E-state index is 14.4. The normalized spacial score (nSPS) is 16.2. The highest BCUT2D eigenvalue weighted by Gasteiger charge is 2.43. The summed E-state index contributed by atoms with van der Waals surface area (Å²) in [7, 11) is -6.20. The second-order valence-corrected chi connectivity index (χ2v) is 14.9. The molecule has 0 saturated carbocycles. The average Bonchev–Trinajstić information content (AvgIpc) is 2.33. The minimum atomic E-state index is -3.88. The second kappa shape index (κ2) is 6.91. The largest absolute Gasteiger partial charge is 0.408 e. The molecule has 0 bridgehead atoms. The highest BCUT2D eigenvalue weighted by Crippen LogP contribution is 2.41. The summed E-state index contributed by atoms with van der Waals surface area (Å²) in [6.07, 6.45) is -0.945. The molecule has 0 aromatic heterocycles. The minimum Gasteiger partial charge on any atom is -0.408 e. The molecule has 132 valence electrons. The summed E-state index contributed by atoms with van der Waals surface area (Å²) in [6.45, 7) is 11.6. The summed E-state index contributed by atoms with van der Waals surface area (Å²) in [6, 6.07) is 4.50. The van der Waals surface area contributed by atoms with E-state index in [1.807, 2.05) is 33.9 Å². The first-order chi connectivity index (χ1) is 10.2. The molecule has 1 rings (SSSR count). The first kappa shape index (κ1) is 20.8. The molecule has 0 amide bonds. The minimum absolute atomic E-state index is 0.144. The first-order valence-electron chi connectivity index (χ1n) is 7.31. The molecule has 1 aromatic carbocycles. The molecule has 0 aliphatic rings. The number of hydrogen-bond acceptors (Lipinski definition) is 3. The van der Waals surface area contributed by atoms with Gasteiger partial charge in [-0.25, -0.2) is 17.9 Å². The topological polar surface area (TPSA) is 69.4 Å². The number of nitrogens with two attached hydrogens (primary N) is 1. The first-order valence-corrected chi connectivity index (χ1v) is 12.6. The van der Waals surface area contributed by atoms with Crippen LogP contribution in [0.5, 0.6) is 0 Å². The van der Waals surface area contributed by atoms with Crippen LogP contribution in [0.25, 0.3) is 0 Å². The maximum Gasteiger partial charge on any atom is 0.214 e. The van der Waals surface area contributed by atoms with Crippen LogP contribution >= 0.6 is 15.9 Å². The summed E-state index contributed by atoms with van der Waals surface area (Å²) in [5, 5.41) is 4.11. The van der Waals surface area contributed by atoms with Crippen molar-refractivity contribution in [3.8, 4) is 0 Å². The Balaban J connectivity index is 3.39. The van der Waals surface area contributed by atoms with E-state index in [2.05, 4.69) is 15.9 Å². The Morgan fingerprint density at radius 1 is 1.30 bits per heavy atom. The molecule has 2 N–H and O–H groups in total. The third-order valence-corrected chi connectivity index (χ3v) is 10.7. The van der Waals surface area contributed by atoms with Gasteiger partial charge in [-0.15, -0.1) is 0 Å². The van der Waals surface area contributed by atoms with Crippen molar-refractivity contribution >= 4 is 34.3 Å². The molecule has 0 heterocycles. The lowest BCUT2D eigenvalue weighted by Crippen LogP contribution is -2.45. The molecule has 1 aromatic rings. The molecule has 0 spiro atoms. The quantitative estimate of drug-likeness (QED) is 0.713. The van der Waals surface area contributed by atoms with Gasteiger partial charge >= 0.3 is 0 Å². The lowest BCUT2D eigenvalue weighted by Gasteiger charge is -2.40. The van der Waals surface area contributed by atoms with E-state index in [0.717, 1.165) is 0 Å². The van der Waals surface area contributed by atoms with Gasteiger partial charge in [-0.2, -0.15) is 0 Å². The number of benzene rings is 1. The summed E-state index contributed by atoms with van der Waals surface area (Å²) < 4.78 is 44.9. The van der Waals surface area contributed by atoms with Gasteiger partial charge in [0.1, 0.15) is 11.1 Å². The zero-order chi connectivity index (χ0) is 18.2. The molecular weight excluding hydrogens is 401 g/mol. The molecule has 0 radical (unpaired) electrons. The second-order valence-electron chi connectivity index (χ2n) is 7.26. The third kappa shape index (κ3) is 5.09. The van der Waals surface area contributed by atoms with Crippen LogP contribution in [-0.2, 0) is 14.4 Å². The Kier molecular flexibility index (Phi) is 6.24. The van der Waals surface area contributed by atoms with E-state index in [9.17, 15) is 12.8 Å². The molecule has 0 fully saturated rings. The fourth-order valence-corrected chi connectivity index (χ4v) is 4.11. The molecule has 0 aliphatic carbocycles. The van der Waals surface area contributed by atoms with Gasteiger partial charge in [-0.3, -0.25) is 0 Å². The van der Waals surface area contributed by atoms with E-state index < -0.39 is 35.5 Å². The van der Waals surface area contributed by atoms with Gasteiger partial charge in [0.2, 0.25) is 10.0 Å². The third-order valence-electron chi connectivity index (χ3n) is 4.44. The fourth-order valence-electron chi connectivity index (χ4n) is 1.81. The van der Waals surface area contributed by atoms with Crippen molar-refractivity contribution in [2.24, 2.45) is 5.14 Å². The Morgan fingerprint density at radius 2 is 1.83 bits per heavy atom. The molecule has 0 unspecified atom stereocenters. The van der Waals surface area contributed by atoms with E-state index in [1.165, 1.54) is 13.0 Å². The van der Waals surface area contributed by atoms with Gasteiger partial charge in [0.25, 0.3) is 0 Å². The van der Waals surface area contributed by atoms with Gasteiger partial charge in [-0.05, 0) is 37.2 Å². The lowest BCUT2D eigenvalue weighted by molar-refractivity contribution is 0.177. The van der Waals surface area contributed by atoms with Gasteiger partial charge in [0.05, 0.1) is 6.10 Å². The highest BCUT2D eigenvalue weighted by atomic mass is 79.9. The van der Waals surface area contributed by atoms with E-state index >= 15 is 0 Å². The van der Waals surface area contributed by atoms with Crippen molar-refractivity contribution in [3.05, 3.63) is 34.1 Å². The number of primary sulfonamides is 1. The number of hydrogen-bond donors (Lipinski definition) is 1. The van der Waals surface area contributed by atoms with Crippen LogP contribution in [0.15, 0.2) is 22.7 Å². The highest BCUT2D eigenvalue weighted by molar-refractivity contribution is 9.10. The Bertz CT molecular complexity index is 674. The van der Waals surface area contributed by atoms with Crippen LogP contribution in [0.1, 0.15) is 39.4 Å². The predicted octanol–water partition coefficient (Wildman–Crippen LogP) is 4.33. The van der Waals surface area contributed by atoms with Gasteiger partial charge in [0.15, 0.2) is 8.32 Å². The van der Waals surface area contributed by atoms with Crippen LogP contribution in [0, 0.1) is 5.82 Å². The fraction of sp³-hybridized carbons (Fsp3) is 0.600. The summed E-state index contributed by atoms with van der Waals surface area (Å²) in [5.74, 6) is -0.515. The molecule has 23 heavy (non-hydrogen) atoms. The number of halogens is 2. The molecule has 0 saturated heterocycles. The van der Waals surface area contributed by atoms with Crippen molar-refractivity contribution in [3.63, 3.8) is 0 Å². The van der Waals surface area contributed by atoms with Crippen LogP contribution in [0.3, 0.4) is 0 Å². The molecule has 2 atom stereocenters. The Labute approximate surface area is 147 Å². The van der Waals surface area contributed by atoms with Crippen molar-refractivity contribution in [2.75, 3.05) is 0 Å². The number of sulfonamides is 1. The predicted molar refractivity (Wildman–Crippen MR) is 97.7 cm³/mol. The van der Waals surface area contributed by atoms with Gasteiger partial charge in [0, 0.05) is 10.0 Å². The zero-order valence-electron chi connectivity index (χ0n) is 14.4. The molecule has 4 nitrogen and oxygen atoms in total. The van der Waals surface area contributed by atoms with E-state index in [0.29, 0.717) is 4.47 Å². The molecule has 8 heteroatoms. The standard InChI is InChI=1S/C15H25BrFNO3SSi/c1-10(22(18,19)20)14(21-23(5,6)15(2,3)4)12-8-7-11(16)9-13(12)17/h7-10,14H,1-6H3,(H2,18,19,20)/t10-,14+/m0/s1. The van der Waals surface area contributed by atoms with Crippen molar-refractivity contribution in [1.82, 2.24) is 0 Å². The summed E-state index contributed by atoms with van der Waals surface area (Å²) >= 11 is 3.20. The van der Waals surface area contributed by atoms with Crippen molar-refractivity contribution in [2.45, 2.75) is 57.2 Å². The van der Waals surface area contributed by atoms with Crippen molar-refractivity contribution < 1.29 is 17.2 Å². The van der Waals surface area contributed by atoms with Crippen LogP contribution < -0.4 is 5.14 Å². The monoisotopic (exact) mass is 425 g/mol. The molecule has 0 aliphatic heterocycles. The van der Waals surface area contributed by atoms with Gasteiger partial charge in [-0.1, -0.05) is 42.8 Å². The molecular formula is C15H25BrFNO3SSi. The van der Waals surface area contributed by atoms with Crippen LogP contribution in [-0.4, -0.2) is 22.0 Å². The Morgan fingerprint density at radius 3 is 2.22 bits per heavy atom. The smallest absolute Gasteiger partial charge is 0.214 e.